The van der Waals surface area contributed by atoms with Gasteiger partial charge in [0.05, 0.1) is 6.04 Å². The van der Waals surface area contributed by atoms with Gasteiger partial charge in [0.15, 0.2) is 0 Å². The first-order valence-corrected chi connectivity index (χ1v) is 4.61. The highest BCUT2D eigenvalue weighted by Gasteiger charge is 2.09. The molecule has 0 aromatic carbocycles. The summed E-state index contributed by atoms with van der Waals surface area (Å²) in [6.07, 6.45) is 1.69. The van der Waals surface area contributed by atoms with E-state index in [1.807, 2.05) is 27.7 Å². The summed E-state index contributed by atoms with van der Waals surface area (Å²) >= 11 is 0. The summed E-state index contributed by atoms with van der Waals surface area (Å²) in [5, 5.41) is 4.03. The van der Waals surface area contributed by atoms with Gasteiger partial charge in [0.25, 0.3) is 5.56 Å². The second-order valence-corrected chi connectivity index (χ2v) is 3.78. The molecule has 0 N–H and O–H groups in total. The quantitative estimate of drug-likeness (QED) is 0.697. The van der Waals surface area contributed by atoms with Crippen LogP contribution >= 0.6 is 0 Å². The molecular weight excluding hydrogens is 164 g/mol. The van der Waals surface area contributed by atoms with E-state index in [2.05, 4.69) is 5.10 Å². The van der Waals surface area contributed by atoms with Gasteiger partial charge in [-0.15, -0.1) is 0 Å². The first kappa shape index (κ1) is 9.96. The molecule has 1 aromatic heterocycles. The maximum atomic E-state index is 11.8. The fraction of sp³-hybridized carbons (Fsp3) is 0.600. The van der Waals surface area contributed by atoms with E-state index in [-0.39, 0.29) is 17.5 Å². The fourth-order valence-corrected chi connectivity index (χ4v) is 1.25. The van der Waals surface area contributed by atoms with Gasteiger partial charge >= 0.3 is 0 Å². The van der Waals surface area contributed by atoms with E-state index in [1.165, 1.54) is 4.68 Å². The zero-order valence-electron chi connectivity index (χ0n) is 8.61. The van der Waals surface area contributed by atoms with Crippen LogP contribution in [-0.2, 0) is 0 Å². The lowest BCUT2D eigenvalue weighted by atomic mass is 10.1. The molecule has 1 rings (SSSR count). The van der Waals surface area contributed by atoms with Gasteiger partial charge in [0.1, 0.15) is 0 Å². The van der Waals surface area contributed by atoms with Gasteiger partial charge in [0.2, 0.25) is 0 Å². The van der Waals surface area contributed by atoms with Gasteiger partial charge in [-0.3, -0.25) is 4.79 Å². The van der Waals surface area contributed by atoms with Crippen LogP contribution in [-0.4, -0.2) is 9.78 Å². The molecule has 0 atom stereocenters. The zero-order valence-corrected chi connectivity index (χ0v) is 8.61. The largest absolute Gasteiger partial charge is 0.270 e. The summed E-state index contributed by atoms with van der Waals surface area (Å²) < 4.78 is 1.52. The minimum Gasteiger partial charge on any atom is -0.267 e. The summed E-state index contributed by atoms with van der Waals surface area (Å²) in [6, 6.07) is 1.93. The van der Waals surface area contributed by atoms with Crippen LogP contribution in [0.4, 0.5) is 0 Å². The molecule has 1 aromatic rings. The average molecular weight is 180 g/mol. The van der Waals surface area contributed by atoms with Gasteiger partial charge in [-0.1, -0.05) is 13.8 Å². The minimum absolute atomic E-state index is 0.0347. The Morgan fingerprint density at radius 1 is 1.31 bits per heavy atom. The van der Waals surface area contributed by atoms with Crippen LogP contribution in [0.1, 0.15) is 45.2 Å². The Kier molecular flexibility index (Phi) is 2.86. The monoisotopic (exact) mass is 180 g/mol. The van der Waals surface area contributed by atoms with Crippen molar-refractivity contribution in [2.45, 2.75) is 39.7 Å². The third kappa shape index (κ3) is 1.97. The summed E-state index contributed by atoms with van der Waals surface area (Å²) in [4.78, 5) is 11.8. The molecule has 0 amide bonds. The maximum Gasteiger partial charge on any atom is 0.270 e. The summed E-state index contributed by atoms with van der Waals surface area (Å²) in [5.74, 6) is 0.264. The van der Waals surface area contributed by atoms with Gasteiger partial charge in [-0.05, 0) is 25.8 Å². The Hall–Kier alpha value is -1.12. The molecule has 3 nitrogen and oxygen atoms in total. The molecule has 1 heterocycles. The molecular formula is C10H16N2O. The highest BCUT2D eigenvalue weighted by atomic mass is 16.1. The van der Waals surface area contributed by atoms with Gasteiger partial charge < -0.3 is 0 Å². The van der Waals surface area contributed by atoms with Crippen molar-refractivity contribution < 1.29 is 0 Å². The molecule has 0 radical (unpaired) electrons. The third-order valence-electron chi connectivity index (χ3n) is 2.01. The lowest BCUT2D eigenvalue weighted by molar-refractivity contribution is 0.495. The molecule has 72 valence electrons. The summed E-state index contributed by atoms with van der Waals surface area (Å²) in [7, 11) is 0. The Balaban J connectivity index is 3.27. The van der Waals surface area contributed by atoms with Crippen molar-refractivity contribution in [3.05, 3.63) is 28.2 Å². The Morgan fingerprint density at radius 2 is 1.92 bits per heavy atom. The van der Waals surface area contributed by atoms with Crippen LogP contribution in [0.5, 0.6) is 0 Å². The molecule has 13 heavy (non-hydrogen) atoms. The van der Waals surface area contributed by atoms with Crippen LogP contribution < -0.4 is 5.56 Å². The van der Waals surface area contributed by atoms with Crippen molar-refractivity contribution in [1.82, 2.24) is 9.78 Å². The smallest absolute Gasteiger partial charge is 0.267 e. The van der Waals surface area contributed by atoms with E-state index < -0.39 is 0 Å². The molecule has 0 saturated heterocycles. The molecule has 0 aliphatic heterocycles. The van der Waals surface area contributed by atoms with Crippen LogP contribution in [0.25, 0.3) is 0 Å². The number of hydrogen-bond donors (Lipinski definition) is 0. The molecule has 0 unspecified atom stereocenters. The highest BCUT2D eigenvalue weighted by Crippen LogP contribution is 2.08. The van der Waals surface area contributed by atoms with Crippen molar-refractivity contribution in [2.24, 2.45) is 0 Å². The van der Waals surface area contributed by atoms with Crippen molar-refractivity contribution in [2.75, 3.05) is 0 Å². The molecule has 0 spiro atoms. The van der Waals surface area contributed by atoms with Crippen molar-refractivity contribution in [3.8, 4) is 0 Å². The predicted octanol–water partition coefficient (Wildman–Crippen LogP) is 1.95. The summed E-state index contributed by atoms with van der Waals surface area (Å²) in [6.45, 7) is 7.94. The van der Waals surface area contributed by atoms with Gasteiger partial charge in [-0.2, -0.15) is 5.10 Å². The maximum absolute atomic E-state index is 11.8. The van der Waals surface area contributed by atoms with Crippen molar-refractivity contribution >= 4 is 0 Å². The normalized spacial score (nSPS) is 11.2. The first-order valence-electron chi connectivity index (χ1n) is 4.61. The standard InChI is InChI=1S/C10H16N2O/c1-7(2)9-5-6-11-12(8(3)4)10(9)13/h5-8H,1-4H3. The molecule has 0 fully saturated rings. The number of hydrogen-bond acceptors (Lipinski definition) is 2. The van der Waals surface area contributed by atoms with Crippen LogP contribution in [0.2, 0.25) is 0 Å². The topological polar surface area (TPSA) is 34.9 Å². The number of aromatic nitrogens is 2. The Labute approximate surface area is 78.4 Å². The molecule has 3 heteroatoms. The molecule has 0 saturated carbocycles. The SMILES string of the molecule is CC(C)c1ccnn(C(C)C)c1=O. The Bertz CT molecular complexity index is 310. The predicted molar refractivity (Wildman–Crippen MR) is 53.0 cm³/mol. The van der Waals surface area contributed by atoms with Crippen molar-refractivity contribution in [3.63, 3.8) is 0 Å². The van der Waals surface area contributed by atoms with E-state index in [0.29, 0.717) is 0 Å². The lowest BCUT2D eigenvalue weighted by Gasteiger charge is -2.10. The van der Waals surface area contributed by atoms with E-state index in [1.54, 1.807) is 12.3 Å². The molecule has 0 aliphatic rings. The second-order valence-electron chi connectivity index (χ2n) is 3.78. The van der Waals surface area contributed by atoms with Crippen LogP contribution in [0.3, 0.4) is 0 Å². The number of nitrogens with zero attached hydrogens (tertiary/aromatic N) is 2. The first-order chi connectivity index (χ1) is 6.04. The fourth-order valence-electron chi connectivity index (χ4n) is 1.25. The number of rotatable bonds is 2. The zero-order chi connectivity index (χ0) is 10.0. The van der Waals surface area contributed by atoms with E-state index in [0.717, 1.165) is 5.56 Å². The van der Waals surface area contributed by atoms with Crippen LogP contribution in [0.15, 0.2) is 17.1 Å². The second kappa shape index (κ2) is 3.73. The minimum atomic E-state index is 0.0347. The molecule has 0 bridgehead atoms. The highest BCUT2D eigenvalue weighted by molar-refractivity contribution is 5.11. The van der Waals surface area contributed by atoms with E-state index in [9.17, 15) is 4.79 Å². The molecule has 0 aliphatic carbocycles. The van der Waals surface area contributed by atoms with Crippen LogP contribution in [0, 0.1) is 0 Å². The van der Waals surface area contributed by atoms with Gasteiger partial charge in [0, 0.05) is 11.8 Å². The van der Waals surface area contributed by atoms with E-state index >= 15 is 0 Å². The lowest BCUT2D eigenvalue weighted by Crippen LogP contribution is -2.27. The average Bonchev–Trinajstić information content (AvgIpc) is 2.03. The van der Waals surface area contributed by atoms with Gasteiger partial charge in [-0.25, -0.2) is 4.68 Å². The Morgan fingerprint density at radius 3 is 2.38 bits per heavy atom. The summed E-state index contributed by atoms with van der Waals surface area (Å²) in [5.41, 5.74) is 0.871. The van der Waals surface area contributed by atoms with Crippen molar-refractivity contribution in [1.29, 1.82) is 0 Å². The third-order valence-corrected chi connectivity index (χ3v) is 2.01. The van der Waals surface area contributed by atoms with E-state index in [4.69, 9.17) is 0 Å².